The number of urea groups is 1. The Balaban J connectivity index is 1.56. The fourth-order valence-corrected chi connectivity index (χ4v) is 6.33. The summed E-state index contributed by atoms with van der Waals surface area (Å²) in [4.78, 5) is 19.7. The first kappa shape index (κ1) is 24.1. The third-order valence-electron chi connectivity index (χ3n) is 6.90. The Morgan fingerprint density at radius 1 is 1.00 bits per heavy atom. The fraction of sp³-hybridized carbons (Fsp3) is 0.708. The normalized spacial score (nSPS) is 26.4. The Bertz CT molecular complexity index is 878. The summed E-state index contributed by atoms with van der Waals surface area (Å²) < 4.78 is 35.1. The first-order chi connectivity index (χ1) is 15.9. The molecule has 1 aromatic rings. The van der Waals surface area contributed by atoms with Gasteiger partial charge >= 0.3 is 6.03 Å². The molecule has 2 atom stereocenters. The molecule has 3 aliphatic rings. The number of carbonyl (C=O) groups is 1. The van der Waals surface area contributed by atoms with Crippen LogP contribution in [0.2, 0.25) is 0 Å². The van der Waals surface area contributed by atoms with E-state index >= 15 is 0 Å². The summed E-state index contributed by atoms with van der Waals surface area (Å²) in [5.74, 6) is 1.33. The van der Waals surface area contributed by atoms with E-state index in [0.717, 1.165) is 56.9 Å². The molecule has 3 aliphatic heterocycles. The minimum atomic E-state index is -3.02. The molecule has 2 bridgehead atoms. The second kappa shape index (κ2) is 11.0. The number of hydrogen-bond acceptors (Lipinski definition) is 6. The highest BCUT2D eigenvalue weighted by atomic mass is 32.2. The van der Waals surface area contributed by atoms with E-state index in [0.29, 0.717) is 38.7 Å². The minimum absolute atomic E-state index is 0.0123. The van der Waals surface area contributed by atoms with E-state index in [-0.39, 0.29) is 23.6 Å². The number of ether oxygens (including phenoxy) is 2. The molecule has 0 aromatic heterocycles. The number of hydrogen-bond donors (Lipinski definition) is 0. The summed E-state index contributed by atoms with van der Waals surface area (Å²) in [5.41, 5.74) is 1.16. The SMILES string of the molecule is CCOc1ccc(N2CC3CCCOCCCC2CN(C(=O)N2CCS(=O)(=O)CC2)C3)cc1. The number of amides is 2. The number of sulfone groups is 1. The van der Waals surface area contributed by atoms with Crippen molar-refractivity contribution in [3.63, 3.8) is 0 Å². The molecule has 0 radical (unpaired) electrons. The van der Waals surface area contributed by atoms with E-state index in [1.165, 1.54) is 0 Å². The zero-order valence-corrected chi connectivity index (χ0v) is 20.5. The molecule has 0 aliphatic carbocycles. The van der Waals surface area contributed by atoms with Gasteiger partial charge in [0.05, 0.1) is 18.1 Å². The molecular formula is C24H37N3O5S. The highest BCUT2D eigenvalue weighted by Gasteiger charge is 2.35. The van der Waals surface area contributed by atoms with Crippen LogP contribution in [-0.4, -0.2) is 94.3 Å². The molecule has 2 amide bonds. The van der Waals surface area contributed by atoms with Crippen molar-refractivity contribution >= 4 is 21.6 Å². The number of nitrogens with zero attached hydrogens (tertiary/aromatic N) is 3. The summed E-state index contributed by atoms with van der Waals surface area (Å²) in [6, 6.07) is 8.47. The number of carbonyl (C=O) groups excluding carboxylic acids is 1. The van der Waals surface area contributed by atoms with Crippen molar-refractivity contribution in [1.82, 2.24) is 9.80 Å². The predicted molar refractivity (Wildman–Crippen MR) is 129 cm³/mol. The van der Waals surface area contributed by atoms with Crippen molar-refractivity contribution in [2.45, 2.75) is 38.6 Å². The van der Waals surface area contributed by atoms with Gasteiger partial charge in [-0.05, 0) is 62.8 Å². The minimum Gasteiger partial charge on any atom is -0.494 e. The van der Waals surface area contributed by atoms with Crippen molar-refractivity contribution in [3.05, 3.63) is 24.3 Å². The largest absolute Gasteiger partial charge is 0.494 e. The molecule has 0 saturated carbocycles. The third kappa shape index (κ3) is 6.32. The van der Waals surface area contributed by atoms with Crippen molar-refractivity contribution < 1.29 is 22.7 Å². The van der Waals surface area contributed by atoms with Crippen LogP contribution in [0.15, 0.2) is 24.3 Å². The predicted octanol–water partition coefficient (Wildman–Crippen LogP) is 2.63. The first-order valence-electron chi connectivity index (χ1n) is 12.3. The Kier molecular flexibility index (Phi) is 8.01. The summed E-state index contributed by atoms with van der Waals surface area (Å²) in [5, 5.41) is 0. The van der Waals surface area contributed by atoms with Crippen LogP contribution in [-0.2, 0) is 14.6 Å². The van der Waals surface area contributed by atoms with Crippen LogP contribution in [0, 0.1) is 5.92 Å². The van der Waals surface area contributed by atoms with Gasteiger partial charge in [0.2, 0.25) is 0 Å². The van der Waals surface area contributed by atoms with Gasteiger partial charge in [-0.2, -0.15) is 0 Å². The van der Waals surface area contributed by atoms with Gasteiger partial charge in [-0.15, -0.1) is 0 Å². The van der Waals surface area contributed by atoms with Crippen LogP contribution in [0.1, 0.15) is 32.6 Å². The van der Waals surface area contributed by atoms with Gasteiger partial charge in [0.25, 0.3) is 0 Å². The standard InChI is InChI=1S/C24H37N3O5S/c1-2-32-23-9-7-21(8-10-23)27-18-20-5-3-13-31-14-4-6-22(27)19-26(17-20)24(28)25-11-15-33(29,30)16-12-25/h7-10,20,22H,2-6,11-19H2,1H3. The fourth-order valence-electron chi connectivity index (χ4n) is 5.13. The number of benzene rings is 1. The van der Waals surface area contributed by atoms with Gasteiger partial charge in [-0.3, -0.25) is 0 Å². The molecule has 33 heavy (non-hydrogen) atoms. The second-order valence-electron chi connectivity index (χ2n) is 9.32. The summed E-state index contributed by atoms with van der Waals surface area (Å²) in [7, 11) is -3.02. The maximum atomic E-state index is 13.5. The lowest BCUT2D eigenvalue weighted by molar-refractivity contribution is 0.114. The topological polar surface area (TPSA) is 79.4 Å². The zero-order valence-electron chi connectivity index (χ0n) is 19.7. The van der Waals surface area contributed by atoms with Gasteiger partial charge in [-0.1, -0.05) is 0 Å². The monoisotopic (exact) mass is 479 g/mol. The van der Waals surface area contributed by atoms with E-state index in [4.69, 9.17) is 9.47 Å². The van der Waals surface area contributed by atoms with Crippen LogP contribution in [0.4, 0.5) is 10.5 Å². The summed E-state index contributed by atoms with van der Waals surface area (Å²) in [6.45, 7) is 6.97. The Morgan fingerprint density at radius 3 is 2.39 bits per heavy atom. The van der Waals surface area contributed by atoms with E-state index in [9.17, 15) is 13.2 Å². The van der Waals surface area contributed by atoms with Crippen molar-refractivity contribution in [1.29, 1.82) is 0 Å². The van der Waals surface area contributed by atoms with Crippen LogP contribution < -0.4 is 9.64 Å². The quantitative estimate of drug-likeness (QED) is 0.663. The molecule has 8 nitrogen and oxygen atoms in total. The lowest BCUT2D eigenvalue weighted by Crippen LogP contribution is -2.52. The van der Waals surface area contributed by atoms with Crippen LogP contribution >= 0.6 is 0 Å². The molecule has 4 rings (SSSR count). The van der Waals surface area contributed by atoms with Gasteiger partial charge in [0.1, 0.15) is 5.75 Å². The highest BCUT2D eigenvalue weighted by molar-refractivity contribution is 7.91. The van der Waals surface area contributed by atoms with E-state index < -0.39 is 9.84 Å². The summed E-state index contributed by atoms with van der Waals surface area (Å²) >= 11 is 0. The van der Waals surface area contributed by atoms with Gasteiger partial charge in [-0.25, -0.2) is 13.2 Å². The Labute approximate surface area is 197 Å². The smallest absolute Gasteiger partial charge is 0.320 e. The maximum absolute atomic E-state index is 13.5. The lowest BCUT2D eigenvalue weighted by Gasteiger charge is -2.36. The first-order valence-corrected chi connectivity index (χ1v) is 14.1. The lowest BCUT2D eigenvalue weighted by atomic mass is 10.0. The zero-order chi connectivity index (χ0) is 23.3. The number of fused-ring (bicyclic) bond motifs is 3. The summed E-state index contributed by atoms with van der Waals surface area (Å²) in [6.07, 6.45) is 3.87. The molecule has 184 valence electrons. The maximum Gasteiger partial charge on any atom is 0.320 e. The molecule has 3 heterocycles. The van der Waals surface area contributed by atoms with E-state index in [2.05, 4.69) is 17.0 Å². The van der Waals surface area contributed by atoms with E-state index in [1.54, 1.807) is 4.90 Å². The second-order valence-corrected chi connectivity index (χ2v) is 11.6. The van der Waals surface area contributed by atoms with Crippen LogP contribution in [0.3, 0.4) is 0 Å². The molecule has 3 fully saturated rings. The third-order valence-corrected chi connectivity index (χ3v) is 8.51. The average Bonchev–Trinajstić information content (AvgIpc) is 3.00. The number of rotatable bonds is 3. The van der Waals surface area contributed by atoms with Gasteiger partial charge in [0.15, 0.2) is 9.84 Å². The Morgan fingerprint density at radius 2 is 1.70 bits per heavy atom. The van der Waals surface area contributed by atoms with Gasteiger partial charge < -0.3 is 24.2 Å². The van der Waals surface area contributed by atoms with Crippen molar-refractivity contribution in [2.75, 3.05) is 69.0 Å². The number of anilines is 1. The van der Waals surface area contributed by atoms with Gasteiger partial charge in [0, 0.05) is 57.7 Å². The molecule has 3 saturated heterocycles. The van der Waals surface area contributed by atoms with E-state index in [1.807, 2.05) is 24.0 Å². The van der Waals surface area contributed by atoms with Crippen LogP contribution in [0.25, 0.3) is 0 Å². The van der Waals surface area contributed by atoms with Crippen molar-refractivity contribution in [2.24, 2.45) is 5.92 Å². The molecule has 9 heteroatoms. The molecule has 1 aromatic carbocycles. The molecule has 0 spiro atoms. The van der Waals surface area contributed by atoms with Crippen LogP contribution in [0.5, 0.6) is 5.75 Å². The molecule has 0 N–H and O–H groups in total. The molecule has 2 unspecified atom stereocenters. The molecular weight excluding hydrogens is 442 g/mol. The highest BCUT2D eigenvalue weighted by Crippen LogP contribution is 2.29. The Hall–Kier alpha value is -2.00. The average molecular weight is 480 g/mol. The van der Waals surface area contributed by atoms with Crippen molar-refractivity contribution in [3.8, 4) is 5.75 Å².